The minimum atomic E-state index is -1.03. The lowest BCUT2D eigenvalue weighted by Gasteiger charge is -2.27. The number of para-hydroxylation sites is 1. The predicted molar refractivity (Wildman–Crippen MR) is 149 cm³/mol. The van der Waals surface area contributed by atoms with Gasteiger partial charge in [-0.3, -0.25) is 19.2 Å². The third-order valence-electron chi connectivity index (χ3n) is 6.89. The number of carbonyl (C=O) groups excluding carboxylic acids is 4. The van der Waals surface area contributed by atoms with Crippen LogP contribution in [-0.2, 0) is 19.8 Å². The van der Waals surface area contributed by atoms with Crippen LogP contribution in [0.3, 0.4) is 0 Å². The average Bonchev–Trinajstić information content (AvgIpc) is 2.92. The molecular weight excluding hydrogens is 515 g/mol. The van der Waals surface area contributed by atoms with Crippen LogP contribution in [0.4, 0.5) is 4.39 Å². The van der Waals surface area contributed by atoms with E-state index in [0.717, 1.165) is 5.56 Å². The van der Waals surface area contributed by atoms with E-state index in [1.807, 2.05) is 27.7 Å². The van der Waals surface area contributed by atoms with Gasteiger partial charge in [0, 0.05) is 24.9 Å². The van der Waals surface area contributed by atoms with Crippen molar-refractivity contribution in [2.45, 2.75) is 64.5 Å². The van der Waals surface area contributed by atoms with Gasteiger partial charge in [-0.15, -0.1) is 0 Å². The van der Waals surface area contributed by atoms with E-state index in [-0.39, 0.29) is 49.2 Å². The topological polar surface area (TPSA) is 126 Å². The quantitative estimate of drug-likeness (QED) is 0.452. The Morgan fingerprint density at radius 1 is 1.07 bits per heavy atom. The highest BCUT2D eigenvalue weighted by Gasteiger charge is 2.29. The van der Waals surface area contributed by atoms with Crippen molar-refractivity contribution in [1.29, 1.82) is 0 Å². The first-order chi connectivity index (χ1) is 19.0. The van der Waals surface area contributed by atoms with Gasteiger partial charge in [-0.05, 0) is 48.6 Å². The van der Waals surface area contributed by atoms with Gasteiger partial charge in [0.1, 0.15) is 23.7 Å². The molecule has 9 nitrogen and oxygen atoms in total. The fourth-order valence-electron chi connectivity index (χ4n) is 4.35. The number of hydrogen-bond donors (Lipinski definition) is 4. The summed E-state index contributed by atoms with van der Waals surface area (Å²) in [5, 5.41) is 11.2. The van der Waals surface area contributed by atoms with E-state index < -0.39 is 35.2 Å². The molecule has 0 fully saturated rings. The molecule has 0 aromatic heterocycles. The zero-order chi connectivity index (χ0) is 29.3. The van der Waals surface area contributed by atoms with Crippen molar-refractivity contribution >= 4 is 23.6 Å². The Labute approximate surface area is 234 Å². The summed E-state index contributed by atoms with van der Waals surface area (Å²) in [4.78, 5) is 52.2. The second-order valence-corrected chi connectivity index (χ2v) is 11.0. The van der Waals surface area contributed by atoms with Crippen molar-refractivity contribution in [2.24, 2.45) is 5.92 Å². The Balaban J connectivity index is 1.81. The molecule has 3 rings (SSSR count). The number of benzene rings is 2. The Morgan fingerprint density at radius 3 is 2.48 bits per heavy atom. The van der Waals surface area contributed by atoms with E-state index >= 15 is 0 Å². The average molecular weight is 555 g/mol. The van der Waals surface area contributed by atoms with Crippen molar-refractivity contribution in [3.05, 3.63) is 65.5 Å². The Kier molecular flexibility index (Phi) is 10.6. The Bertz CT molecular complexity index is 1200. The molecule has 0 saturated heterocycles. The fraction of sp³-hybridized carbons (Fsp3) is 0.467. The van der Waals surface area contributed by atoms with Gasteiger partial charge in [0.2, 0.25) is 17.7 Å². The van der Waals surface area contributed by atoms with Gasteiger partial charge in [0.05, 0.1) is 12.2 Å². The summed E-state index contributed by atoms with van der Waals surface area (Å²) in [5.41, 5.74) is 0.563. The van der Waals surface area contributed by atoms with Gasteiger partial charge in [0.25, 0.3) is 5.91 Å². The molecule has 40 heavy (non-hydrogen) atoms. The van der Waals surface area contributed by atoms with Crippen LogP contribution in [0.1, 0.15) is 62.9 Å². The van der Waals surface area contributed by atoms with Gasteiger partial charge in [-0.1, -0.05) is 52.0 Å². The van der Waals surface area contributed by atoms with E-state index in [1.165, 1.54) is 12.1 Å². The first kappa shape index (κ1) is 30.6. The van der Waals surface area contributed by atoms with Gasteiger partial charge in [0.15, 0.2) is 0 Å². The van der Waals surface area contributed by atoms with Crippen LogP contribution in [0, 0.1) is 11.7 Å². The second kappa shape index (κ2) is 13.9. The van der Waals surface area contributed by atoms with Crippen LogP contribution < -0.4 is 26.0 Å². The molecule has 2 atom stereocenters. The van der Waals surface area contributed by atoms with Gasteiger partial charge >= 0.3 is 0 Å². The molecule has 216 valence electrons. The zero-order valence-corrected chi connectivity index (χ0v) is 23.5. The first-order valence-electron chi connectivity index (χ1n) is 13.6. The number of ether oxygens (including phenoxy) is 1. The smallest absolute Gasteiger partial charge is 0.255 e. The zero-order valence-electron chi connectivity index (χ0n) is 23.5. The maximum atomic E-state index is 13.4. The number of hydrogen-bond acceptors (Lipinski definition) is 5. The number of carbonyl (C=O) groups is 4. The lowest BCUT2D eigenvalue weighted by atomic mass is 9.84. The highest BCUT2D eigenvalue weighted by Crippen LogP contribution is 2.23. The molecule has 2 aromatic rings. The van der Waals surface area contributed by atoms with Crippen molar-refractivity contribution in [3.8, 4) is 5.75 Å². The summed E-state index contributed by atoms with van der Waals surface area (Å²) in [6.07, 6.45) is 0.416. The monoisotopic (exact) mass is 554 g/mol. The predicted octanol–water partition coefficient (Wildman–Crippen LogP) is 2.84. The van der Waals surface area contributed by atoms with Crippen LogP contribution in [0.25, 0.3) is 0 Å². The number of fused-ring (bicyclic) bond motifs is 1. The summed E-state index contributed by atoms with van der Waals surface area (Å²) in [7, 11) is 0. The van der Waals surface area contributed by atoms with Crippen molar-refractivity contribution < 1.29 is 28.3 Å². The van der Waals surface area contributed by atoms with Crippen LogP contribution in [0.5, 0.6) is 5.75 Å². The molecule has 4 amide bonds. The standard InChI is InChI=1S/C30H39FN4O5/c1-19(2)26-29(39)32-16-7-17-40-24-9-6-5-8-22(24)27(37)34-23(14-15-25(36)35-26)28(38)33-18-30(3,4)20-10-12-21(31)13-11-20/h5-6,8-13,19,23,26H,7,14-18H2,1-4H3,(H,32,39)(H,33,38)(H,34,37)(H,35,36)/t23-,26+/m0/s1. The molecule has 1 aliphatic heterocycles. The van der Waals surface area contributed by atoms with Gasteiger partial charge < -0.3 is 26.0 Å². The molecule has 0 bridgehead atoms. The molecule has 1 aliphatic rings. The van der Waals surface area contributed by atoms with Crippen LogP contribution >= 0.6 is 0 Å². The van der Waals surface area contributed by atoms with Crippen LogP contribution in [0.2, 0.25) is 0 Å². The first-order valence-corrected chi connectivity index (χ1v) is 13.6. The van der Waals surface area contributed by atoms with Gasteiger partial charge in [-0.2, -0.15) is 0 Å². The lowest BCUT2D eigenvalue weighted by molar-refractivity contribution is -0.130. The molecule has 0 saturated carbocycles. The summed E-state index contributed by atoms with van der Waals surface area (Å²) in [5.74, 6) is -1.81. The SMILES string of the molecule is CC(C)[C@H]1NC(=O)CC[C@@H](C(=O)NCC(C)(C)c2ccc(F)cc2)NC(=O)c2ccccc2OCCCNC1=O. The molecule has 2 aromatic carbocycles. The van der Waals surface area contributed by atoms with Crippen molar-refractivity contribution in [1.82, 2.24) is 21.3 Å². The fourth-order valence-corrected chi connectivity index (χ4v) is 4.35. The highest BCUT2D eigenvalue weighted by atomic mass is 19.1. The van der Waals surface area contributed by atoms with Crippen molar-refractivity contribution in [3.63, 3.8) is 0 Å². The molecule has 0 spiro atoms. The van der Waals surface area contributed by atoms with Gasteiger partial charge in [-0.25, -0.2) is 4.39 Å². The lowest BCUT2D eigenvalue weighted by Crippen LogP contribution is -2.51. The number of nitrogens with one attached hydrogen (secondary N) is 4. The van der Waals surface area contributed by atoms with E-state index in [1.54, 1.807) is 36.4 Å². The molecule has 0 radical (unpaired) electrons. The van der Waals surface area contributed by atoms with E-state index in [9.17, 15) is 23.6 Å². The minimum Gasteiger partial charge on any atom is -0.493 e. The van der Waals surface area contributed by atoms with Crippen molar-refractivity contribution in [2.75, 3.05) is 19.7 Å². The third-order valence-corrected chi connectivity index (χ3v) is 6.89. The molecule has 10 heteroatoms. The summed E-state index contributed by atoms with van der Waals surface area (Å²) in [6.45, 7) is 8.32. The number of rotatable bonds is 5. The van der Waals surface area contributed by atoms with E-state index in [4.69, 9.17) is 4.74 Å². The maximum absolute atomic E-state index is 13.4. The normalized spacial score (nSPS) is 19.5. The molecule has 1 heterocycles. The molecular formula is C30H39FN4O5. The Morgan fingerprint density at radius 2 is 1.77 bits per heavy atom. The summed E-state index contributed by atoms with van der Waals surface area (Å²) < 4.78 is 19.2. The summed E-state index contributed by atoms with van der Waals surface area (Å²) in [6, 6.07) is 11.0. The van der Waals surface area contributed by atoms with Crippen LogP contribution in [0.15, 0.2) is 48.5 Å². The number of halogens is 1. The second-order valence-electron chi connectivity index (χ2n) is 11.0. The minimum absolute atomic E-state index is 0.00976. The van der Waals surface area contributed by atoms with E-state index in [2.05, 4.69) is 21.3 Å². The number of amides is 4. The van der Waals surface area contributed by atoms with E-state index in [0.29, 0.717) is 18.7 Å². The summed E-state index contributed by atoms with van der Waals surface area (Å²) >= 11 is 0. The molecule has 0 aliphatic carbocycles. The molecule has 4 N–H and O–H groups in total. The van der Waals surface area contributed by atoms with Crippen LogP contribution in [-0.4, -0.2) is 55.4 Å². The largest absolute Gasteiger partial charge is 0.493 e. The third kappa shape index (κ3) is 8.53. The molecule has 0 unspecified atom stereocenters. The maximum Gasteiger partial charge on any atom is 0.255 e. The highest BCUT2D eigenvalue weighted by molar-refractivity contribution is 5.99. The Hall–Kier alpha value is -3.95.